The summed E-state index contributed by atoms with van der Waals surface area (Å²) < 4.78 is 0. The molecular weight excluding hydrogens is 224 g/mol. The smallest absolute Gasteiger partial charge is 0.244 e. The first-order chi connectivity index (χ1) is 8.58. The Hall–Kier alpha value is -1.35. The van der Waals surface area contributed by atoms with Gasteiger partial charge in [0.15, 0.2) is 0 Å². The molecule has 3 heteroatoms. The van der Waals surface area contributed by atoms with Crippen LogP contribution in [0.15, 0.2) is 18.2 Å². The van der Waals surface area contributed by atoms with E-state index in [2.05, 4.69) is 6.07 Å². The van der Waals surface area contributed by atoms with Gasteiger partial charge in [-0.05, 0) is 38.7 Å². The topological polar surface area (TPSA) is 46.3 Å². The highest BCUT2D eigenvalue weighted by atomic mass is 16.2. The van der Waals surface area contributed by atoms with E-state index in [1.54, 1.807) is 0 Å². The van der Waals surface area contributed by atoms with Crippen molar-refractivity contribution in [2.75, 3.05) is 13.1 Å². The normalized spacial score (nSPS) is 17.6. The Bertz CT molecular complexity index is 416. The van der Waals surface area contributed by atoms with Crippen molar-refractivity contribution >= 4 is 5.91 Å². The zero-order valence-electron chi connectivity index (χ0n) is 11.3. The van der Waals surface area contributed by atoms with E-state index in [4.69, 9.17) is 5.73 Å². The van der Waals surface area contributed by atoms with E-state index < -0.39 is 6.04 Å². The quantitative estimate of drug-likeness (QED) is 0.870. The summed E-state index contributed by atoms with van der Waals surface area (Å²) in [5.41, 5.74) is 9.37. The highest BCUT2D eigenvalue weighted by molar-refractivity contribution is 5.83. The van der Waals surface area contributed by atoms with Crippen molar-refractivity contribution in [3.8, 4) is 0 Å². The molecule has 0 saturated carbocycles. The zero-order valence-corrected chi connectivity index (χ0v) is 11.3. The lowest BCUT2D eigenvalue weighted by atomic mass is 10.00. The summed E-state index contributed by atoms with van der Waals surface area (Å²) in [5.74, 6) is 0.0692. The van der Waals surface area contributed by atoms with Crippen LogP contribution in [-0.4, -0.2) is 23.9 Å². The number of piperidine rings is 1. The van der Waals surface area contributed by atoms with Gasteiger partial charge in [-0.1, -0.05) is 29.3 Å². The van der Waals surface area contributed by atoms with Crippen LogP contribution >= 0.6 is 0 Å². The maximum Gasteiger partial charge on any atom is 0.244 e. The molecule has 1 atom stereocenters. The maximum absolute atomic E-state index is 12.3. The van der Waals surface area contributed by atoms with Crippen molar-refractivity contribution < 1.29 is 4.79 Å². The third kappa shape index (κ3) is 2.91. The molecule has 0 radical (unpaired) electrons. The number of carbonyl (C=O) groups excluding carboxylic acids is 1. The molecule has 1 aliphatic rings. The molecule has 1 heterocycles. The SMILES string of the molecule is Cc1cc(C)cc([C@@H](N)C(=O)N2CCCCC2)c1. The van der Waals surface area contributed by atoms with Gasteiger partial charge in [0.2, 0.25) is 5.91 Å². The number of aryl methyl sites for hydroxylation is 2. The van der Waals surface area contributed by atoms with Gasteiger partial charge in [0, 0.05) is 13.1 Å². The fraction of sp³-hybridized carbons (Fsp3) is 0.533. The first-order valence-electron chi connectivity index (χ1n) is 6.70. The summed E-state index contributed by atoms with van der Waals surface area (Å²) in [7, 11) is 0. The fourth-order valence-electron chi connectivity index (χ4n) is 2.64. The molecule has 1 amide bonds. The van der Waals surface area contributed by atoms with Gasteiger partial charge >= 0.3 is 0 Å². The average Bonchev–Trinajstić information content (AvgIpc) is 2.37. The minimum atomic E-state index is -0.512. The van der Waals surface area contributed by atoms with Crippen LogP contribution in [0.4, 0.5) is 0 Å². The minimum absolute atomic E-state index is 0.0692. The number of amides is 1. The second-order valence-electron chi connectivity index (χ2n) is 5.28. The predicted molar refractivity (Wildman–Crippen MR) is 73.3 cm³/mol. The van der Waals surface area contributed by atoms with Crippen molar-refractivity contribution in [2.45, 2.75) is 39.2 Å². The van der Waals surface area contributed by atoms with Gasteiger partial charge in [-0.3, -0.25) is 4.79 Å². The molecule has 0 aliphatic carbocycles. The number of rotatable bonds is 2. The molecule has 18 heavy (non-hydrogen) atoms. The Morgan fingerprint density at radius 2 is 1.67 bits per heavy atom. The average molecular weight is 246 g/mol. The maximum atomic E-state index is 12.3. The van der Waals surface area contributed by atoms with E-state index >= 15 is 0 Å². The van der Waals surface area contributed by atoms with Crippen molar-refractivity contribution in [3.63, 3.8) is 0 Å². The number of nitrogens with zero attached hydrogens (tertiary/aromatic N) is 1. The van der Waals surface area contributed by atoms with Crippen LogP contribution in [0.1, 0.15) is 42.0 Å². The summed E-state index contributed by atoms with van der Waals surface area (Å²) in [6, 6.07) is 5.61. The fourth-order valence-corrected chi connectivity index (χ4v) is 2.64. The number of hydrogen-bond donors (Lipinski definition) is 1. The van der Waals surface area contributed by atoms with E-state index in [1.807, 2.05) is 30.9 Å². The van der Waals surface area contributed by atoms with Gasteiger partial charge in [0.05, 0.1) is 0 Å². The lowest BCUT2D eigenvalue weighted by Crippen LogP contribution is -2.41. The second-order valence-corrected chi connectivity index (χ2v) is 5.28. The van der Waals surface area contributed by atoms with Crippen LogP contribution in [0.5, 0.6) is 0 Å². The van der Waals surface area contributed by atoms with Crippen LogP contribution in [0.2, 0.25) is 0 Å². The molecule has 1 aromatic rings. The van der Waals surface area contributed by atoms with Gasteiger partial charge in [-0.25, -0.2) is 0 Å². The van der Waals surface area contributed by atoms with E-state index in [9.17, 15) is 4.79 Å². The minimum Gasteiger partial charge on any atom is -0.341 e. The van der Waals surface area contributed by atoms with Gasteiger partial charge in [-0.15, -0.1) is 0 Å². The summed E-state index contributed by atoms with van der Waals surface area (Å²) >= 11 is 0. The van der Waals surface area contributed by atoms with Gasteiger partial charge in [0.25, 0.3) is 0 Å². The Labute approximate surface area is 109 Å². The highest BCUT2D eigenvalue weighted by Crippen LogP contribution is 2.19. The molecule has 1 aromatic carbocycles. The Kier molecular flexibility index (Phi) is 4.02. The Morgan fingerprint density at radius 1 is 1.11 bits per heavy atom. The molecule has 0 aromatic heterocycles. The molecule has 0 unspecified atom stereocenters. The van der Waals surface area contributed by atoms with Gasteiger partial charge < -0.3 is 10.6 Å². The molecule has 98 valence electrons. The van der Waals surface area contributed by atoms with Crippen molar-refractivity contribution in [1.29, 1.82) is 0 Å². The first kappa shape index (κ1) is 13.1. The van der Waals surface area contributed by atoms with Crippen molar-refractivity contribution in [2.24, 2.45) is 5.73 Å². The number of nitrogens with two attached hydrogens (primary N) is 1. The van der Waals surface area contributed by atoms with Crippen LogP contribution in [0.3, 0.4) is 0 Å². The lowest BCUT2D eigenvalue weighted by molar-refractivity contribution is -0.133. The third-order valence-electron chi connectivity index (χ3n) is 3.54. The second kappa shape index (κ2) is 5.53. The Balaban J connectivity index is 2.14. The van der Waals surface area contributed by atoms with Crippen molar-refractivity contribution in [1.82, 2.24) is 4.90 Å². The standard InChI is InChI=1S/C15H22N2O/c1-11-8-12(2)10-13(9-11)14(16)15(18)17-6-4-3-5-7-17/h8-10,14H,3-7,16H2,1-2H3/t14-/m1/s1. The van der Waals surface area contributed by atoms with Gasteiger partial charge in [0.1, 0.15) is 6.04 Å². The third-order valence-corrected chi connectivity index (χ3v) is 3.54. The molecule has 1 saturated heterocycles. The predicted octanol–water partition coefficient (Wildman–Crippen LogP) is 2.32. The van der Waals surface area contributed by atoms with Crippen LogP contribution in [0, 0.1) is 13.8 Å². The summed E-state index contributed by atoms with van der Waals surface area (Å²) in [5, 5.41) is 0. The van der Waals surface area contributed by atoms with E-state index in [0.29, 0.717) is 0 Å². The molecule has 3 nitrogen and oxygen atoms in total. The number of hydrogen-bond acceptors (Lipinski definition) is 2. The van der Waals surface area contributed by atoms with Crippen molar-refractivity contribution in [3.05, 3.63) is 34.9 Å². The number of likely N-dealkylation sites (tertiary alicyclic amines) is 1. The highest BCUT2D eigenvalue weighted by Gasteiger charge is 2.23. The van der Waals surface area contributed by atoms with Crippen LogP contribution in [0.25, 0.3) is 0 Å². The first-order valence-corrected chi connectivity index (χ1v) is 6.70. The summed E-state index contributed by atoms with van der Waals surface area (Å²) in [6.45, 7) is 5.79. The Morgan fingerprint density at radius 3 is 2.22 bits per heavy atom. The number of carbonyl (C=O) groups is 1. The molecule has 2 rings (SSSR count). The monoisotopic (exact) mass is 246 g/mol. The number of benzene rings is 1. The summed E-state index contributed by atoms with van der Waals surface area (Å²) in [6.07, 6.45) is 3.43. The van der Waals surface area contributed by atoms with Gasteiger partial charge in [-0.2, -0.15) is 0 Å². The molecule has 1 aliphatic heterocycles. The molecular formula is C15H22N2O. The molecule has 1 fully saturated rings. The largest absolute Gasteiger partial charge is 0.341 e. The molecule has 0 spiro atoms. The van der Waals surface area contributed by atoms with E-state index in [1.165, 1.54) is 6.42 Å². The lowest BCUT2D eigenvalue weighted by Gasteiger charge is -2.29. The van der Waals surface area contributed by atoms with E-state index in [-0.39, 0.29) is 5.91 Å². The molecule has 2 N–H and O–H groups in total. The van der Waals surface area contributed by atoms with E-state index in [0.717, 1.165) is 42.6 Å². The summed E-state index contributed by atoms with van der Waals surface area (Å²) in [4.78, 5) is 14.2. The zero-order chi connectivity index (χ0) is 13.1. The van der Waals surface area contributed by atoms with Crippen LogP contribution < -0.4 is 5.73 Å². The molecule has 0 bridgehead atoms. The van der Waals surface area contributed by atoms with Crippen LogP contribution in [-0.2, 0) is 4.79 Å².